The average Bonchev–Trinajstić information content (AvgIpc) is 2.68. The highest BCUT2D eigenvalue weighted by molar-refractivity contribution is 5.89. The van der Waals surface area contributed by atoms with Crippen molar-refractivity contribution in [1.29, 1.82) is 0 Å². The van der Waals surface area contributed by atoms with E-state index in [1.54, 1.807) is 18.3 Å². The summed E-state index contributed by atoms with van der Waals surface area (Å²) >= 11 is 0. The predicted octanol–water partition coefficient (Wildman–Crippen LogP) is 4.30. The van der Waals surface area contributed by atoms with Gasteiger partial charge in [-0.05, 0) is 37.5 Å². The molecule has 138 valence electrons. The first-order valence-corrected chi connectivity index (χ1v) is 9.11. The van der Waals surface area contributed by atoms with Crippen LogP contribution >= 0.6 is 0 Å². The number of anilines is 1. The molecule has 2 heterocycles. The summed E-state index contributed by atoms with van der Waals surface area (Å²) in [7, 11) is 0. The van der Waals surface area contributed by atoms with E-state index in [-0.39, 0.29) is 12.1 Å². The molecule has 0 radical (unpaired) electrons. The maximum Gasteiger partial charge on any atom is 0.321 e. The van der Waals surface area contributed by atoms with Crippen molar-refractivity contribution in [2.45, 2.75) is 32.3 Å². The molecule has 3 rings (SSSR count). The average molecular weight is 355 g/mol. The number of para-hydroxylation sites is 1. The number of piperidine rings is 1. The van der Waals surface area contributed by atoms with Crippen molar-refractivity contribution >= 4 is 11.7 Å². The number of aromatic nitrogens is 1. The standard InChI is InChI=1S/C20H25N3O3/c1-2-14-25-17-9-12-23(13-10-17)20(24)22-16-8-11-21-19(15-16)26-18-6-4-3-5-7-18/h3-8,11,15,17H,2,9-10,12-14H2,1H3,(H,21,22,24). The van der Waals surface area contributed by atoms with Gasteiger partial charge in [-0.15, -0.1) is 0 Å². The van der Waals surface area contributed by atoms with Crippen molar-refractivity contribution in [2.24, 2.45) is 0 Å². The zero-order valence-corrected chi connectivity index (χ0v) is 15.1. The fraction of sp³-hybridized carbons (Fsp3) is 0.400. The van der Waals surface area contributed by atoms with Gasteiger partial charge in [0.1, 0.15) is 5.75 Å². The smallest absolute Gasteiger partial charge is 0.321 e. The molecule has 1 fully saturated rings. The number of carbonyl (C=O) groups is 1. The van der Waals surface area contributed by atoms with Gasteiger partial charge in [0, 0.05) is 37.6 Å². The van der Waals surface area contributed by atoms with Crippen LogP contribution in [0, 0.1) is 0 Å². The number of carbonyl (C=O) groups excluding carboxylic acids is 1. The van der Waals surface area contributed by atoms with Crippen LogP contribution in [0.4, 0.5) is 10.5 Å². The predicted molar refractivity (Wildman–Crippen MR) is 101 cm³/mol. The number of pyridine rings is 1. The zero-order valence-electron chi connectivity index (χ0n) is 15.1. The van der Waals surface area contributed by atoms with Gasteiger partial charge in [0.2, 0.25) is 5.88 Å². The third kappa shape index (κ3) is 5.20. The van der Waals surface area contributed by atoms with Crippen molar-refractivity contribution in [1.82, 2.24) is 9.88 Å². The van der Waals surface area contributed by atoms with Crippen LogP contribution in [0.2, 0.25) is 0 Å². The van der Waals surface area contributed by atoms with E-state index in [9.17, 15) is 4.79 Å². The van der Waals surface area contributed by atoms with Crippen LogP contribution in [0.25, 0.3) is 0 Å². The van der Waals surface area contributed by atoms with Crippen LogP contribution in [0.3, 0.4) is 0 Å². The second-order valence-corrected chi connectivity index (χ2v) is 6.29. The number of nitrogens with one attached hydrogen (secondary N) is 1. The van der Waals surface area contributed by atoms with Crippen LogP contribution in [-0.4, -0.2) is 41.7 Å². The summed E-state index contributed by atoms with van der Waals surface area (Å²) in [4.78, 5) is 18.5. The molecule has 0 saturated carbocycles. The molecular formula is C20H25N3O3. The lowest BCUT2D eigenvalue weighted by molar-refractivity contribution is 0.0163. The Bertz CT molecular complexity index is 700. The number of nitrogens with zero attached hydrogens (tertiary/aromatic N) is 2. The van der Waals surface area contributed by atoms with E-state index in [1.807, 2.05) is 35.2 Å². The Labute approximate surface area is 154 Å². The number of hydrogen-bond donors (Lipinski definition) is 1. The Hall–Kier alpha value is -2.60. The van der Waals surface area contributed by atoms with Gasteiger partial charge in [0.25, 0.3) is 0 Å². The van der Waals surface area contributed by atoms with Gasteiger partial charge in [0.05, 0.1) is 6.10 Å². The molecule has 26 heavy (non-hydrogen) atoms. The largest absolute Gasteiger partial charge is 0.439 e. The third-order valence-corrected chi connectivity index (χ3v) is 4.24. The molecule has 0 aliphatic carbocycles. The number of benzene rings is 1. The first-order valence-electron chi connectivity index (χ1n) is 9.11. The Morgan fingerprint density at radius 1 is 1.23 bits per heavy atom. The molecule has 0 atom stereocenters. The van der Waals surface area contributed by atoms with E-state index in [0.29, 0.717) is 30.4 Å². The van der Waals surface area contributed by atoms with Crippen molar-refractivity contribution in [2.75, 3.05) is 25.0 Å². The molecule has 1 N–H and O–H groups in total. The Morgan fingerprint density at radius 2 is 2.00 bits per heavy atom. The molecule has 1 aliphatic rings. The van der Waals surface area contributed by atoms with Gasteiger partial charge in [-0.3, -0.25) is 0 Å². The minimum atomic E-state index is -0.101. The fourth-order valence-corrected chi connectivity index (χ4v) is 2.86. The minimum Gasteiger partial charge on any atom is -0.439 e. The highest BCUT2D eigenvalue weighted by atomic mass is 16.5. The molecule has 6 nitrogen and oxygen atoms in total. The number of amides is 2. The van der Waals surface area contributed by atoms with E-state index >= 15 is 0 Å². The number of hydrogen-bond acceptors (Lipinski definition) is 4. The zero-order chi connectivity index (χ0) is 18.2. The molecular weight excluding hydrogens is 330 g/mol. The van der Waals surface area contributed by atoms with E-state index < -0.39 is 0 Å². The maximum absolute atomic E-state index is 12.5. The number of urea groups is 1. The molecule has 2 aromatic rings. The van der Waals surface area contributed by atoms with E-state index in [0.717, 1.165) is 25.9 Å². The Kier molecular flexibility index (Phi) is 6.44. The lowest BCUT2D eigenvalue weighted by atomic mass is 10.1. The Morgan fingerprint density at radius 3 is 2.73 bits per heavy atom. The fourth-order valence-electron chi connectivity index (χ4n) is 2.86. The molecule has 1 aromatic carbocycles. The summed E-state index contributed by atoms with van der Waals surface area (Å²) in [6.45, 7) is 4.31. The summed E-state index contributed by atoms with van der Waals surface area (Å²) in [5, 5.41) is 2.92. The highest BCUT2D eigenvalue weighted by Crippen LogP contribution is 2.22. The van der Waals surface area contributed by atoms with Gasteiger partial charge in [0.15, 0.2) is 0 Å². The van der Waals surface area contributed by atoms with Crippen molar-refractivity contribution in [3.8, 4) is 11.6 Å². The second-order valence-electron chi connectivity index (χ2n) is 6.29. The van der Waals surface area contributed by atoms with Gasteiger partial charge in [-0.1, -0.05) is 25.1 Å². The van der Waals surface area contributed by atoms with Crippen LogP contribution in [0.5, 0.6) is 11.6 Å². The van der Waals surface area contributed by atoms with Crippen LogP contribution in [0.1, 0.15) is 26.2 Å². The molecule has 1 aliphatic heterocycles. The van der Waals surface area contributed by atoms with Gasteiger partial charge in [-0.25, -0.2) is 9.78 Å². The molecule has 0 unspecified atom stereocenters. The highest BCUT2D eigenvalue weighted by Gasteiger charge is 2.23. The molecule has 2 amide bonds. The van der Waals surface area contributed by atoms with Crippen LogP contribution in [-0.2, 0) is 4.74 Å². The van der Waals surface area contributed by atoms with Gasteiger partial charge in [-0.2, -0.15) is 0 Å². The van der Waals surface area contributed by atoms with E-state index in [2.05, 4.69) is 17.2 Å². The lowest BCUT2D eigenvalue weighted by Gasteiger charge is -2.31. The number of likely N-dealkylation sites (tertiary alicyclic amines) is 1. The quantitative estimate of drug-likeness (QED) is 0.839. The molecule has 0 spiro atoms. The monoisotopic (exact) mass is 355 g/mol. The summed E-state index contributed by atoms with van der Waals surface area (Å²) < 4.78 is 11.5. The van der Waals surface area contributed by atoms with Gasteiger partial charge >= 0.3 is 6.03 Å². The molecule has 1 saturated heterocycles. The topological polar surface area (TPSA) is 63.7 Å². The second kappa shape index (κ2) is 9.20. The molecule has 6 heteroatoms. The Balaban J connectivity index is 1.52. The summed E-state index contributed by atoms with van der Waals surface area (Å²) in [6.07, 6.45) is 4.68. The van der Waals surface area contributed by atoms with E-state index in [4.69, 9.17) is 9.47 Å². The van der Waals surface area contributed by atoms with Crippen molar-refractivity contribution < 1.29 is 14.3 Å². The summed E-state index contributed by atoms with van der Waals surface area (Å²) in [5.41, 5.74) is 0.667. The van der Waals surface area contributed by atoms with Crippen molar-refractivity contribution in [3.05, 3.63) is 48.7 Å². The number of ether oxygens (including phenoxy) is 2. The third-order valence-electron chi connectivity index (χ3n) is 4.24. The number of rotatable bonds is 6. The summed E-state index contributed by atoms with van der Waals surface area (Å²) in [6, 6.07) is 12.8. The first-order chi connectivity index (χ1) is 12.7. The van der Waals surface area contributed by atoms with Crippen LogP contribution < -0.4 is 10.1 Å². The van der Waals surface area contributed by atoms with Gasteiger partial charge < -0.3 is 19.7 Å². The SMILES string of the molecule is CCCOC1CCN(C(=O)Nc2ccnc(Oc3ccccc3)c2)CC1. The van der Waals surface area contributed by atoms with Crippen LogP contribution in [0.15, 0.2) is 48.7 Å². The first kappa shape index (κ1) is 18.2. The minimum absolute atomic E-state index is 0.101. The maximum atomic E-state index is 12.5. The van der Waals surface area contributed by atoms with Crippen molar-refractivity contribution in [3.63, 3.8) is 0 Å². The summed E-state index contributed by atoms with van der Waals surface area (Å²) in [5.74, 6) is 1.15. The molecule has 1 aromatic heterocycles. The lowest BCUT2D eigenvalue weighted by Crippen LogP contribution is -2.43. The van der Waals surface area contributed by atoms with E-state index in [1.165, 1.54) is 0 Å². The molecule has 0 bridgehead atoms. The normalized spacial score (nSPS) is 14.9.